The number of hydrogen-bond acceptors (Lipinski definition) is 4. The minimum Gasteiger partial charge on any atom is -0.484 e. The predicted octanol–water partition coefficient (Wildman–Crippen LogP) is 4.61. The van der Waals surface area contributed by atoms with E-state index in [1.165, 1.54) is 5.56 Å². The Balaban J connectivity index is 1.50. The number of halogens is 1. The highest BCUT2D eigenvalue weighted by atomic mass is 35.5. The first-order valence-corrected chi connectivity index (χ1v) is 11.6. The number of carbonyl (C=O) groups is 2. The van der Waals surface area contributed by atoms with Crippen molar-refractivity contribution in [2.75, 3.05) is 43.0 Å². The molecule has 1 N–H and O–H groups in total. The Kier molecular flexibility index (Phi) is 8.39. The Bertz CT molecular complexity index is 923. The Morgan fingerprint density at radius 1 is 1.06 bits per heavy atom. The van der Waals surface area contributed by atoms with E-state index in [1.807, 2.05) is 41.3 Å². The van der Waals surface area contributed by atoms with Gasteiger partial charge >= 0.3 is 0 Å². The van der Waals surface area contributed by atoms with Gasteiger partial charge in [0.05, 0.1) is 10.7 Å². The number of amides is 2. The van der Waals surface area contributed by atoms with E-state index in [4.69, 9.17) is 16.3 Å². The molecule has 0 aliphatic carbocycles. The van der Waals surface area contributed by atoms with Crippen LogP contribution in [0, 0.1) is 5.92 Å². The third-order valence-corrected chi connectivity index (χ3v) is 5.79. The number of aryl methyl sites for hydroxylation is 1. The fourth-order valence-corrected chi connectivity index (χ4v) is 3.98. The zero-order valence-electron chi connectivity index (χ0n) is 19.1. The maximum atomic E-state index is 12.3. The lowest BCUT2D eigenvalue weighted by molar-refractivity contribution is -0.132. The first-order chi connectivity index (χ1) is 15.4. The number of anilines is 2. The van der Waals surface area contributed by atoms with E-state index in [9.17, 15) is 9.59 Å². The maximum Gasteiger partial charge on any atom is 0.262 e. The molecule has 172 valence electrons. The molecule has 6 nitrogen and oxygen atoms in total. The quantitative estimate of drug-likeness (QED) is 0.628. The standard InChI is InChI=1S/C25H32ClN3O3/c1-4-19-5-8-21(9-6-19)32-17-24(30)27-20-7-10-23(22(26)16-20)28-11-13-29(14-12-28)25(31)15-18(2)3/h5-10,16,18H,4,11-15,17H2,1-3H3,(H,27,30). The number of piperazine rings is 1. The van der Waals surface area contributed by atoms with Crippen LogP contribution in [0.3, 0.4) is 0 Å². The Morgan fingerprint density at radius 3 is 2.34 bits per heavy atom. The van der Waals surface area contributed by atoms with Gasteiger partial charge in [-0.25, -0.2) is 0 Å². The van der Waals surface area contributed by atoms with Crippen LogP contribution in [0.5, 0.6) is 5.75 Å². The summed E-state index contributed by atoms with van der Waals surface area (Å²) in [5, 5.41) is 3.40. The highest BCUT2D eigenvalue weighted by Crippen LogP contribution is 2.30. The molecule has 7 heteroatoms. The Morgan fingerprint density at radius 2 is 1.75 bits per heavy atom. The molecular weight excluding hydrogens is 426 g/mol. The number of benzene rings is 2. The number of ether oxygens (including phenoxy) is 1. The minimum atomic E-state index is -0.245. The Labute approximate surface area is 195 Å². The molecule has 2 aromatic rings. The molecule has 0 spiro atoms. The zero-order chi connectivity index (χ0) is 23.1. The van der Waals surface area contributed by atoms with Crippen molar-refractivity contribution in [3.63, 3.8) is 0 Å². The summed E-state index contributed by atoms with van der Waals surface area (Å²) in [5.74, 6) is 1.000. The molecule has 3 rings (SSSR count). The van der Waals surface area contributed by atoms with Crippen molar-refractivity contribution in [1.29, 1.82) is 0 Å². The third kappa shape index (κ3) is 6.63. The van der Waals surface area contributed by atoms with Crippen LogP contribution in [0.2, 0.25) is 5.02 Å². The topological polar surface area (TPSA) is 61.9 Å². The molecule has 32 heavy (non-hydrogen) atoms. The van der Waals surface area contributed by atoms with Gasteiger partial charge in [-0.2, -0.15) is 0 Å². The van der Waals surface area contributed by atoms with Gasteiger partial charge in [0.2, 0.25) is 5.91 Å². The summed E-state index contributed by atoms with van der Waals surface area (Å²) in [6.45, 7) is 8.99. The highest BCUT2D eigenvalue weighted by Gasteiger charge is 2.23. The molecule has 0 saturated carbocycles. The van der Waals surface area contributed by atoms with Gasteiger partial charge in [-0.15, -0.1) is 0 Å². The molecule has 2 aromatic carbocycles. The summed E-state index contributed by atoms with van der Waals surface area (Å²) in [4.78, 5) is 28.6. The van der Waals surface area contributed by atoms with E-state index in [1.54, 1.807) is 6.07 Å². The van der Waals surface area contributed by atoms with E-state index in [2.05, 4.69) is 31.0 Å². The molecule has 0 radical (unpaired) electrons. The van der Waals surface area contributed by atoms with Crippen LogP contribution in [-0.4, -0.2) is 49.5 Å². The number of rotatable bonds is 8. The lowest BCUT2D eigenvalue weighted by atomic mass is 10.1. The summed E-state index contributed by atoms with van der Waals surface area (Å²) in [7, 11) is 0. The minimum absolute atomic E-state index is 0.0722. The summed E-state index contributed by atoms with van der Waals surface area (Å²) >= 11 is 6.51. The zero-order valence-corrected chi connectivity index (χ0v) is 19.8. The summed E-state index contributed by atoms with van der Waals surface area (Å²) < 4.78 is 5.56. The molecule has 0 unspecified atom stereocenters. The molecule has 2 amide bonds. The lowest BCUT2D eigenvalue weighted by Gasteiger charge is -2.36. The van der Waals surface area contributed by atoms with E-state index in [0.29, 0.717) is 41.9 Å². The van der Waals surface area contributed by atoms with Crippen molar-refractivity contribution in [3.8, 4) is 5.75 Å². The van der Waals surface area contributed by atoms with Gasteiger partial charge in [0.15, 0.2) is 6.61 Å². The number of hydrogen-bond donors (Lipinski definition) is 1. The summed E-state index contributed by atoms with van der Waals surface area (Å²) in [6.07, 6.45) is 1.55. The average molecular weight is 458 g/mol. The number of nitrogens with zero attached hydrogens (tertiary/aromatic N) is 2. The molecule has 1 saturated heterocycles. The second kappa shape index (κ2) is 11.2. The second-order valence-corrected chi connectivity index (χ2v) is 8.87. The van der Waals surface area contributed by atoms with Crippen LogP contribution < -0.4 is 15.0 Å². The summed E-state index contributed by atoms with van der Waals surface area (Å²) in [5.41, 5.74) is 2.76. The van der Waals surface area contributed by atoms with Crippen molar-refractivity contribution in [3.05, 3.63) is 53.1 Å². The van der Waals surface area contributed by atoms with E-state index >= 15 is 0 Å². The normalized spacial score (nSPS) is 13.9. The Hall–Kier alpha value is -2.73. The molecule has 0 aromatic heterocycles. The molecule has 1 fully saturated rings. The largest absolute Gasteiger partial charge is 0.484 e. The van der Waals surface area contributed by atoms with Crippen LogP contribution in [0.25, 0.3) is 0 Å². The molecule has 1 heterocycles. The van der Waals surface area contributed by atoms with E-state index in [-0.39, 0.29) is 18.4 Å². The van der Waals surface area contributed by atoms with Crippen LogP contribution in [-0.2, 0) is 16.0 Å². The molecule has 1 aliphatic heterocycles. The maximum absolute atomic E-state index is 12.3. The van der Waals surface area contributed by atoms with Crippen LogP contribution in [0.15, 0.2) is 42.5 Å². The fourth-order valence-electron chi connectivity index (χ4n) is 3.68. The molecular formula is C25H32ClN3O3. The van der Waals surface area contributed by atoms with Crippen LogP contribution in [0.4, 0.5) is 11.4 Å². The summed E-state index contributed by atoms with van der Waals surface area (Å²) in [6, 6.07) is 13.2. The van der Waals surface area contributed by atoms with Crippen molar-refractivity contribution in [1.82, 2.24) is 4.90 Å². The van der Waals surface area contributed by atoms with Gasteiger partial charge in [-0.05, 0) is 48.2 Å². The van der Waals surface area contributed by atoms with Gasteiger partial charge in [-0.1, -0.05) is 44.5 Å². The lowest BCUT2D eigenvalue weighted by Crippen LogP contribution is -2.49. The SMILES string of the molecule is CCc1ccc(OCC(=O)Nc2ccc(N3CCN(C(=O)CC(C)C)CC3)c(Cl)c2)cc1. The second-order valence-electron chi connectivity index (χ2n) is 8.47. The van der Waals surface area contributed by atoms with Gasteiger partial charge in [0.1, 0.15) is 5.75 Å². The number of carbonyl (C=O) groups excluding carboxylic acids is 2. The fraction of sp³-hybridized carbons (Fsp3) is 0.440. The van der Waals surface area contributed by atoms with Crippen molar-refractivity contribution < 1.29 is 14.3 Å². The highest BCUT2D eigenvalue weighted by molar-refractivity contribution is 6.33. The first-order valence-electron chi connectivity index (χ1n) is 11.2. The van der Waals surface area contributed by atoms with E-state index in [0.717, 1.165) is 25.2 Å². The van der Waals surface area contributed by atoms with Crippen LogP contribution in [0.1, 0.15) is 32.8 Å². The monoisotopic (exact) mass is 457 g/mol. The average Bonchev–Trinajstić information content (AvgIpc) is 2.78. The van der Waals surface area contributed by atoms with Crippen molar-refractivity contribution in [2.24, 2.45) is 5.92 Å². The molecule has 0 atom stereocenters. The third-order valence-electron chi connectivity index (χ3n) is 5.49. The van der Waals surface area contributed by atoms with Crippen LogP contribution >= 0.6 is 11.6 Å². The first kappa shape index (κ1) is 23.9. The smallest absolute Gasteiger partial charge is 0.262 e. The predicted molar refractivity (Wildman–Crippen MR) is 130 cm³/mol. The van der Waals surface area contributed by atoms with Crippen molar-refractivity contribution >= 4 is 34.8 Å². The van der Waals surface area contributed by atoms with E-state index < -0.39 is 0 Å². The van der Waals surface area contributed by atoms with Gasteiger partial charge in [0, 0.05) is 38.3 Å². The molecule has 0 bridgehead atoms. The van der Waals surface area contributed by atoms with Gasteiger partial charge in [0.25, 0.3) is 5.91 Å². The van der Waals surface area contributed by atoms with Gasteiger partial charge < -0.3 is 19.9 Å². The van der Waals surface area contributed by atoms with Gasteiger partial charge in [-0.3, -0.25) is 9.59 Å². The number of nitrogens with one attached hydrogen (secondary N) is 1. The van der Waals surface area contributed by atoms with Crippen molar-refractivity contribution in [2.45, 2.75) is 33.6 Å². The molecule has 1 aliphatic rings.